The zero-order valence-electron chi connectivity index (χ0n) is 7.90. The van der Waals surface area contributed by atoms with Crippen LogP contribution in [0.2, 0.25) is 0 Å². The molecule has 0 unspecified atom stereocenters. The summed E-state index contributed by atoms with van der Waals surface area (Å²) in [6.45, 7) is 3.83. The molecule has 0 heterocycles. The van der Waals surface area contributed by atoms with E-state index < -0.39 is 0 Å². The minimum atomic E-state index is 0.0964. The van der Waals surface area contributed by atoms with Crippen molar-refractivity contribution >= 4 is 16.8 Å². The molecule has 0 fully saturated rings. The number of rotatable bonds is 2. The van der Waals surface area contributed by atoms with Crippen molar-refractivity contribution in [3.63, 3.8) is 0 Å². The molecule has 1 nitrogen and oxygen atoms in total. The predicted molar refractivity (Wildman–Crippen MR) is 60.0 cm³/mol. The normalized spacial score (nSPS) is 10.4. The summed E-state index contributed by atoms with van der Waals surface area (Å²) in [6, 6.07) is 12.1. The van der Waals surface area contributed by atoms with Crippen LogP contribution >= 0.6 is 0 Å². The lowest BCUT2D eigenvalue weighted by atomic mass is 10.0. The topological polar surface area (TPSA) is 20.2 Å². The highest BCUT2D eigenvalue weighted by Crippen LogP contribution is 2.18. The highest BCUT2D eigenvalue weighted by atomic mass is 16.3. The lowest BCUT2D eigenvalue weighted by Gasteiger charge is -2.01. The molecule has 0 saturated carbocycles. The number of hydrogen-bond donors (Lipinski definition) is 1. The van der Waals surface area contributed by atoms with Gasteiger partial charge in [-0.25, -0.2) is 0 Å². The standard InChI is InChI=1S/C13H12O/c1-2-10-3-5-13-8-11(9-14)4-6-12(13)7-10/h2-8,14H,1,9H2. The van der Waals surface area contributed by atoms with Gasteiger partial charge in [0.2, 0.25) is 0 Å². The zero-order chi connectivity index (χ0) is 9.97. The molecule has 1 N–H and O–H groups in total. The molecule has 0 aliphatic carbocycles. The van der Waals surface area contributed by atoms with Gasteiger partial charge >= 0.3 is 0 Å². The van der Waals surface area contributed by atoms with Gasteiger partial charge < -0.3 is 5.11 Å². The van der Waals surface area contributed by atoms with Gasteiger partial charge in [0, 0.05) is 0 Å². The molecule has 70 valence electrons. The van der Waals surface area contributed by atoms with Gasteiger partial charge in [-0.15, -0.1) is 0 Å². The first kappa shape index (κ1) is 8.97. The van der Waals surface area contributed by atoms with Crippen LogP contribution in [0.1, 0.15) is 11.1 Å². The minimum absolute atomic E-state index is 0.0964. The maximum atomic E-state index is 8.98. The van der Waals surface area contributed by atoms with Gasteiger partial charge in [-0.3, -0.25) is 0 Å². The number of hydrogen-bond acceptors (Lipinski definition) is 1. The average Bonchev–Trinajstić information content (AvgIpc) is 2.27. The van der Waals surface area contributed by atoms with Gasteiger partial charge in [0.1, 0.15) is 0 Å². The van der Waals surface area contributed by atoms with Crippen LogP contribution in [0.4, 0.5) is 0 Å². The van der Waals surface area contributed by atoms with Crippen molar-refractivity contribution in [2.45, 2.75) is 6.61 Å². The summed E-state index contributed by atoms with van der Waals surface area (Å²) >= 11 is 0. The summed E-state index contributed by atoms with van der Waals surface area (Å²) in [4.78, 5) is 0. The molecule has 0 spiro atoms. The Labute approximate surface area is 83.3 Å². The fourth-order valence-corrected chi connectivity index (χ4v) is 1.54. The van der Waals surface area contributed by atoms with E-state index in [4.69, 9.17) is 5.11 Å². The number of benzene rings is 2. The molecule has 0 aliphatic rings. The van der Waals surface area contributed by atoms with Crippen molar-refractivity contribution in [2.24, 2.45) is 0 Å². The van der Waals surface area contributed by atoms with Gasteiger partial charge in [0.15, 0.2) is 0 Å². The second kappa shape index (κ2) is 3.64. The Bertz CT molecular complexity index is 472. The highest BCUT2D eigenvalue weighted by molar-refractivity contribution is 5.85. The van der Waals surface area contributed by atoms with E-state index in [1.54, 1.807) is 0 Å². The number of fused-ring (bicyclic) bond motifs is 1. The zero-order valence-corrected chi connectivity index (χ0v) is 7.90. The SMILES string of the molecule is C=Cc1ccc2cc(CO)ccc2c1. The predicted octanol–water partition coefficient (Wildman–Crippen LogP) is 2.98. The van der Waals surface area contributed by atoms with Gasteiger partial charge in [0.05, 0.1) is 6.61 Å². The molecule has 2 rings (SSSR count). The van der Waals surface area contributed by atoms with Crippen LogP contribution < -0.4 is 0 Å². The van der Waals surface area contributed by atoms with Crippen LogP contribution in [0, 0.1) is 0 Å². The molecule has 2 aromatic carbocycles. The third-order valence-electron chi connectivity index (χ3n) is 2.35. The molecule has 2 aromatic rings. The Kier molecular flexibility index (Phi) is 2.33. The van der Waals surface area contributed by atoms with E-state index in [1.807, 2.05) is 36.4 Å². The van der Waals surface area contributed by atoms with Crippen molar-refractivity contribution in [1.29, 1.82) is 0 Å². The summed E-state index contributed by atoms with van der Waals surface area (Å²) in [5, 5.41) is 11.3. The molecule has 0 amide bonds. The molecule has 14 heavy (non-hydrogen) atoms. The van der Waals surface area contributed by atoms with Crippen LogP contribution in [0.5, 0.6) is 0 Å². The van der Waals surface area contributed by atoms with Crippen molar-refractivity contribution in [2.75, 3.05) is 0 Å². The van der Waals surface area contributed by atoms with Crippen molar-refractivity contribution in [3.8, 4) is 0 Å². The smallest absolute Gasteiger partial charge is 0.0682 e. The van der Waals surface area contributed by atoms with E-state index in [1.165, 1.54) is 5.39 Å². The second-order valence-corrected chi connectivity index (χ2v) is 3.30. The molecule has 0 saturated heterocycles. The summed E-state index contributed by atoms with van der Waals surface area (Å²) in [7, 11) is 0. The van der Waals surface area contributed by atoms with Crippen molar-refractivity contribution < 1.29 is 5.11 Å². The Hall–Kier alpha value is -1.60. The fraction of sp³-hybridized carbons (Fsp3) is 0.0769. The fourth-order valence-electron chi connectivity index (χ4n) is 1.54. The molecule has 0 atom stereocenters. The summed E-state index contributed by atoms with van der Waals surface area (Å²) in [5.41, 5.74) is 2.07. The van der Waals surface area contributed by atoms with Crippen LogP contribution in [-0.2, 0) is 6.61 Å². The molecule has 0 radical (unpaired) electrons. The van der Waals surface area contributed by atoms with Gasteiger partial charge in [-0.1, -0.05) is 36.9 Å². The lowest BCUT2D eigenvalue weighted by Crippen LogP contribution is -1.83. The summed E-state index contributed by atoms with van der Waals surface area (Å²) < 4.78 is 0. The third-order valence-corrected chi connectivity index (χ3v) is 2.35. The first-order chi connectivity index (χ1) is 6.83. The highest BCUT2D eigenvalue weighted by Gasteiger charge is 1.95. The average molecular weight is 184 g/mol. The first-order valence-electron chi connectivity index (χ1n) is 4.59. The maximum Gasteiger partial charge on any atom is 0.0682 e. The number of aliphatic hydroxyl groups is 1. The molecule has 1 heteroatoms. The van der Waals surface area contributed by atoms with E-state index in [9.17, 15) is 0 Å². The third kappa shape index (κ3) is 1.54. The molecular formula is C13H12O. The van der Waals surface area contributed by atoms with E-state index in [0.29, 0.717) is 0 Å². The van der Waals surface area contributed by atoms with Crippen LogP contribution in [0.25, 0.3) is 16.8 Å². The van der Waals surface area contributed by atoms with Crippen molar-refractivity contribution in [3.05, 3.63) is 54.1 Å². The monoisotopic (exact) mass is 184 g/mol. The second-order valence-electron chi connectivity index (χ2n) is 3.30. The molecule has 0 aromatic heterocycles. The molecular weight excluding hydrogens is 172 g/mol. The van der Waals surface area contributed by atoms with Gasteiger partial charge in [-0.05, 0) is 34.0 Å². The van der Waals surface area contributed by atoms with Crippen LogP contribution in [0.15, 0.2) is 43.0 Å². The van der Waals surface area contributed by atoms with E-state index in [2.05, 4.69) is 12.6 Å². The van der Waals surface area contributed by atoms with Crippen LogP contribution in [0.3, 0.4) is 0 Å². The van der Waals surface area contributed by atoms with E-state index in [-0.39, 0.29) is 6.61 Å². The maximum absolute atomic E-state index is 8.98. The summed E-state index contributed by atoms with van der Waals surface area (Å²) in [6.07, 6.45) is 1.83. The quantitative estimate of drug-likeness (QED) is 0.760. The molecule has 0 bridgehead atoms. The first-order valence-corrected chi connectivity index (χ1v) is 4.59. The van der Waals surface area contributed by atoms with Crippen molar-refractivity contribution in [1.82, 2.24) is 0 Å². The Balaban J connectivity index is 2.63. The lowest BCUT2D eigenvalue weighted by molar-refractivity contribution is 0.282. The van der Waals surface area contributed by atoms with Gasteiger partial charge in [0.25, 0.3) is 0 Å². The Morgan fingerprint density at radius 1 is 1.07 bits per heavy atom. The Morgan fingerprint density at radius 2 is 1.79 bits per heavy atom. The van der Waals surface area contributed by atoms with E-state index >= 15 is 0 Å². The largest absolute Gasteiger partial charge is 0.392 e. The van der Waals surface area contributed by atoms with Gasteiger partial charge in [-0.2, -0.15) is 0 Å². The van der Waals surface area contributed by atoms with E-state index in [0.717, 1.165) is 16.5 Å². The summed E-state index contributed by atoms with van der Waals surface area (Å²) in [5.74, 6) is 0. The number of aliphatic hydroxyl groups excluding tert-OH is 1. The Morgan fingerprint density at radius 3 is 2.50 bits per heavy atom. The minimum Gasteiger partial charge on any atom is -0.392 e. The molecule has 0 aliphatic heterocycles. The van der Waals surface area contributed by atoms with Crippen LogP contribution in [-0.4, -0.2) is 5.11 Å².